The minimum absolute atomic E-state index is 0.0820. The summed E-state index contributed by atoms with van der Waals surface area (Å²) in [6.45, 7) is 0.0820. The maximum Gasteiger partial charge on any atom is 0.0741 e. The lowest BCUT2D eigenvalue weighted by Crippen LogP contribution is -2.33. The molecule has 1 aliphatic rings. The normalized spacial score (nSPS) is 19.2. The number of aliphatic hydroxyl groups is 2. The van der Waals surface area contributed by atoms with Crippen molar-refractivity contribution < 1.29 is 10.2 Å². The van der Waals surface area contributed by atoms with Crippen LogP contribution < -0.4 is 0 Å². The Labute approximate surface area is 107 Å². The standard InChI is InChI=1S/C14H20O2S/c15-10-12-5-4-6-13(9-12)17-11-14(16)7-2-1-3-8-14/h4-6,9,15-16H,1-3,7-8,10-11H2. The van der Waals surface area contributed by atoms with E-state index in [2.05, 4.69) is 0 Å². The molecule has 0 bridgehead atoms. The molecule has 17 heavy (non-hydrogen) atoms. The van der Waals surface area contributed by atoms with Crippen molar-refractivity contribution in [3.8, 4) is 0 Å². The van der Waals surface area contributed by atoms with Crippen LogP contribution in [0.4, 0.5) is 0 Å². The summed E-state index contributed by atoms with van der Waals surface area (Å²) in [5.74, 6) is 0.766. The first-order valence-corrected chi connectivity index (χ1v) is 7.25. The van der Waals surface area contributed by atoms with Crippen LogP contribution in [0, 0.1) is 0 Å². The minimum Gasteiger partial charge on any atom is -0.392 e. The zero-order valence-electron chi connectivity index (χ0n) is 10.1. The molecule has 2 rings (SSSR count). The van der Waals surface area contributed by atoms with Gasteiger partial charge in [-0.25, -0.2) is 0 Å². The zero-order chi connectivity index (χ0) is 12.1. The van der Waals surface area contributed by atoms with Crippen LogP contribution in [0.15, 0.2) is 29.2 Å². The summed E-state index contributed by atoms with van der Waals surface area (Å²) >= 11 is 1.69. The molecule has 2 nitrogen and oxygen atoms in total. The highest BCUT2D eigenvalue weighted by Gasteiger charge is 2.28. The Bertz CT molecular complexity index is 359. The quantitative estimate of drug-likeness (QED) is 0.809. The first-order chi connectivity index (χ1) is 8.22. The van der Waals surface area contributed by atoms with Crippen LogP contribution in [0.1, 0.15) is 37.7 Å². The summed E-state index contributed by atoms with van der Waals surface area (Å²) in [6, 6.07) is 7.91. The van der Waals surface area contributed by atoms with Gasteiger partial charge in [0.2, 0.25) is 0 Å². The van der Waals surface area contributed by atoms with Crippen LogP contribution in [0.2, 0.25) is 0 Å². The fourth-order valence-corrected chi connectivity index (χ4v) is 3.44. The second-order valence-electron chi connectivity index (χ2n) is 4.88. The average molecular weight is 252 g/mol. The smallest absolute Gasteiger partial charge is 0.0741 e. The van der Waals surface area contributed by atoms with E-state index in [1.807, 2.05) is 24.3 Å². The Morgan fingerprint density at radius 2 is 1.94 bits per heavy atom. The first kappa shape index (κ1) is 12.9. The summed E-state index contributed by atoms with van der Waals surface area (Å²) in [6.07, 6.45) is 5.41. The fourth-order valence-electron chi connectivity index (χ4n) is 2.31. The van der Waals surface area contributed by atoms with Gasteiger partial charge in [-0.15, -0.1) is 11.8 Å². The molecule has 1 aromatic rings. The molecule has 1 aromatic carbocycles. The summed E-state index contributed by atoms with van der Waals surface area (Å²) in [7, 11) is 0. The van der Waals surface area contributed by atoms with E-state index < -0.39 is 5.60 Å². The highest BCUT2D eigenvalue weighted by molar-refractivity contribution is 7.99. The van der Waals surface area contributed by atoms with Crippen LogP contribution >= 0.6 is 11.8 Å². The number of hydrogen-bond acceptors (Lipinski definition) is 3. The molecular formula is C14H20O2S. The van der Waals surface area contributed by atoms with Crippen LogP contribution in [-0.4, -0.2) is 21.6 Å². The molecule has 1 aliphatic carbocycles. The monoisotopic (exact) mass is 252 g/mol. The molecule has 1 fully saturated rings. The molecule has 0 radical (unpaired) electrons. The molecule has 94 valence electrons. The van der Waals surface area contributed by atoms with Crippen molar-refractivity contribution in [1.29, 1.82) is 0 Å². The summed E-state index contributed by atoms with van der Waals surface area (Å²) < 4.78 is 0. The van der Waals surface area contributed by atoms with Crippen molar-refractivity contribution in [2.45, 2.75) is 49.2 Å². The Balaban J connectivity index is 1.92. The number of benzene rings is 1. The van der Waals surface area contributed by atoms with Gasteiger partial charge in [-0.1, -0.05) is 31.4 Å². The Morgan fingerprint density at radius 1 is 1.18 bits per heavy atom. The lowest BCUT2D eigenvalue weighted by atomic mass is 9.86. The van der Waals surface area contributed by atoms with E-state index in [1.165, 1.54) is 6.42 Å². The second-order valence-corrected chi connectivity index (χ2v) is 5.93. The fraction of sp³-hybridized carbons (Fsp3) is 0.571. The topological polar surface area (TPSA) is 40.5 Å². The van der Waals surface area contributed by atoms with Gasteiger partial charge >= 0.3 is 0 Å². The van der Waals surface area contributed by atoms with Gasteiger partial charge in [-0.3, -0.25) is 0 Å². The molecular weight excluding hydrogens is 232 g/mol. The minimum atomic E-state index is -0.474. The first-order valence-electron chi connectivity index (χ1n) is 6.27. The van der Waals surface area contributed by atoms with Crippen molar-refractivity contribution in [3.63, 3.8) is 0 Å². The molecule has 0 aromatic heterocycles. The van der Waals surface area contributed by atoms with Gasteiger partial charge in [0.1, 0.15) is 0 Å². The predicted octanol–water partition coefficient (Wildman–Crippen LogP) is 2.97. The molecule has 0 saturated heterocycles. The van der Waals surface area contributed by atoms with Gasteiger partial charge in [-0.2, -0.15) is 0 Å². The number of thioether (sulfide) groups is 1. The van der Waals surface area contributed by atoms with Gasteiger partial charge in [-0.05, 0) is 30.5 Å². The summed E-state index contributed by atoms with van der Waals surface area (Å²) in [4.78, 5) is 1.13. The average Bonchev–Trinajstić information content (AvgIpc) is 2.38. The maximum absolute atomic E-state index is 10.4. The number of aliphatic hydroxyl groups excluding tert-OH is 1. The molecule has 0 heterocycles. The van der Waals surface area contributed by atoms with Gasteiger partial charge in [0.05, 0.1) is 12.2 Å². The van der Waals surface area contributed by atoms with Crippen LogP contribution in [-0.2, 0) is 6.61 Å². The van der Waals surface area contributed by atoms with Crippen molar-refractivity contribution >= 4 is 11.8 Å². The van der Waals surface area contributed by atoms with Crippen LogP contribution in [0.25, 0.3) is 0 Å². The molecule has 0 aliphatic heterocycles. The molecule has 0 spiro atoms. The van der Waals surface area contributed by atoms with Crippen molar-refractivity contribution in [2.75, 3.05) is 5.75 Å². The highest BCUT2D eigenvalue weighted by atomic mass is 32.2. The third-order valence-electron chi connectivity index (χ3n) is 3.37. The molecule has 1 saturated carbocycles. The lowest BCUT2D eigenvalue weighted by Gasteiger charge is -2.31. The molecule has 0 amide bonds. The van der Waals surface area contributed by atoms with Crippen molar-refractivity contribution in [1.82, 2.24) is 0 Å². The molecule has 3 heteroatoms. The summed E-state index contributed by atoms with van der Waals surface area (Å²) in [5, 5.41) is 19.5. The third kappa shape index (κ3) is 3.73. The van der Waals surface area contributed by atoms with Gasteiger partial charge in [0.15, 0.2) is 0 Å². The zero-order valence-corrected chi connectivity index (χ0v) is 10.9. The molecule has 0 unspecified atom stereocenters. The second kappa shape index (κ2) is 5.89. The Hall–Kier alpha value is -0.510. The van der Waals surface area contributed by atoms with E-state index in [0.717, 1.165) is 41.9 Å². The maximum atomic E-state index is 10.4. The van der Waals surface area contributed by atoms with Crippen LogP contribution in [0.5, 0.6) is 0 Å². The largest absolute Gasteiger partial charge is 0.392 e. The Morgan fingerprint density at radius 3 is 2.65 bits per heavy atom. The van der Waals surface area contributed by atoms with Crippen molar-refractivity contribution in [3.05, 3.63) is 29.8 Å². The van der Waals surface area contributed by atoms with E-state index in [1.54, 1.807) is 11.8 Å². The lowest BCUT2D eigenvalue weighted by molar-refractivity contribution is 0.0273. The van der Waals surface area contributed by atoms with E-state index in [9.17, 15) is 5.11 Å². The van der Waals surface area contributed by atoms with Gasteiger partial charge < -0.3 is 10.2 Å². The molecule has 2 N–H and O–H groups in total. The molecule has 0 atom stereocenters. The highest BCUT2D eigenvalue weighted by Crippen LogP contribution is 2.33. The van der Waals surface area contributed by atoms with Crippen LogP contribution in [0.3, 0.4) is 0 Å². The Kier molecular flexibility index (Phi) is 4.48. The van der Waals surface area contributed by atoms with Crippen molar-refractivity contribution in [2.24, 2.45) is 0 Å². The number of rotatable bonds is 4. The predicted molar refractivity (Wildman–Crippen MR) is 71.1 cm³/mol. The van der Waals surface area contributed by atoms with E-state index in [-0.39, 0.29) is 6.61 Å². The van der Waals surface area contributed by atoms with E-state index in [4.69, 9.17) is 5.11 Å². The van der Waals surface area contributed by atoms with E-state index in [0.29, 0.717) is 0 Å². The number of hydrogen-bond donors (Lipinski definition) is 2. The third-order valence-corrected chi connectivity index (χ3v) is 4.64. The van der Waals surface area contributed by atoms with Gasteiger partial charge in [0.25, 0.3) is 0 Å². The summed E-state index contributed by atoms with van der Waals surface area (Å²) in [5.41, 5.74) is 0.462. The van der Waals surface area contributed by atoms with E-state index >= 15 is 0 Å². The van der Waals surface area contributed by atoms with Gasteiger partial charge in [0, 0.05) is 10.6 Å². The SMILES string of the molecule is OCc1cccc(SCC2(O)CCCCC2)c1.